The van der Waals surface area contributed by atoms with Gasteiger partial charge in [0.15, 0.2) is 0 Å². The third-order valence-corrected chi connectivity index (χ3v) is 4.22. The molecular weight excluding hydrogens is 189 g/mol. The fourth-order valence-corrected chi connectivity index (χ4v) is 3.24. The average Bonchev–Trinajstić information content (AvgIpc) is 3.00. The van der Waals surface area contributed by atoms with Gasteiger partial charge in [-0.25, -0.2) is 4.39 Å². The third kappa shape index (κ3) is 1.24. The van der Waals surface area contributed by atoms with Gasteiger partial charge in [-0.3, -0.25) is 0 Å². The molecule has 1 aromatic rings. The van der Waals surface area contributed by atoms with Crippen LogP contribution in [0, 0.1) is 11.7 Å². The fourth-order valence-electron chi connectivity index (χ4n) is 3.24. The standard InChI is InChI=1S/C13H16FN/c14-11-3-4-12-9(7-11)1-2-10(8-15)13(12)5-6-13/h3-4,7,10H,1-2,5-6,8,15H2. The van der Waals surface area contributed by atoms with Crippen LogP contribution in [0.25, 0.3) is 0 Å². The molecule has 0 bridgehead atoms. The summed E-state index contributed by atoms with van der Waals surface area (Å²) in [6.45, 7) is 0.775. The number of hydrogen-bond acceptors (Lipinski definition) is 1. The summed E-state index contributed by atoms with van der Waals surface area (Å²) in [5.74, 6) is 0.520. The van der Waals surface area contributed by atoms with Crippen molar-refractivity contribution in [3.05, 3.63) is 35.1 Å². The molecule has 1 atom stereocenters. The van der Waals surface area contributed by atoms with Crippen LogP contribution < -0.4 is 5.73 Å². The SMILES string of the molecule is NCC1CCc2cc(F)ccc2C12CC2. The molecule has 2 heteroatoms. The Morgan fingerprint density at radius 2 is 2.20 bits per heavy atom. The minimum absolute atomic E-state index is 0.101. The molecule has 0 radical (unpaired) electrons. The van der Waals surface area contributed by atoms with Crippen molar-refractivity contribution in [1.29, 1.82) is 0 Å². The van der Waals surface area contributed by atoms with Crippen molar-refractivity contribution < 1.29 is 4.39 Å². The molecule has 3 rings (SSSR count). The second kappa shape index (κ2) is 3.05. The summed E-state index contributed by atoms with van der Waals surface area (Å²) in [6, 6.07) is 5.29. The van der Waals surface area contributed by atoms with Crippen molar-refractivity contribution in [2.45, 2.75) is 31.1 Å². The molecule has 0 heterocycles. The van der Waals surface area contributed by atoms with E-state index in [2.05, 4.69) is 0 Å². The number of hydrogen-bond donors (Lipinski definition) is 1. The summed E-state index contributed by atoms with van der Waals surface area (Å²) >= 11 is 0. The first kappa shape index (κ1) is 9.34. The van der Waals surface area contributed by atoms with Crippen molar-refractivity contribution in [3.8, 4) is 0 Å². The summed E-state index contributed by atoms with van der Waals surface area (Å²) in [4.78, 5) is 0. The van der Waals surface area contributed by atoms with E-state index in [1.807, 2.05) is 6.07 Å². The van der Waals surface area contributed by atoms with Crippen molar-refractivity contribution in [2.24, 2.45) is 11.7 Å². The molecule has 1 aromatic carbocycles. The minimum atomic E-state index is -0.101. The maximum atomic E-state index is 13.1. The zero-order valence-electron chi connectivity index (χ0n) is 8.80. The normalized spacial score (nSPS) is 26.4. The van der Waals surface area contributed by atoms with Gasteiger partial charge in [-0.1, -0.05) is 6.07 Å². The lowest BCUT2D eigenvalue weighted by Gasteiger charge is -2.33. The van der Waals surface area contributed by atoms with Crippen LogP contribution in [0.3, 0.4) is 0 Å². The first-order chi connectivity index (χ1) is 7.26. The molecule has 2 aliphatic rings. The van der Waals surface area contributed by atoms with Gasteiger partial charge in [0, 0.05) is 0 Å². The maximum Gasteiger partial charge on any atom is 0.123 e. The summed E-state index contributed by atoms with van der Waals surface area (Å²) in [7, 11) is 0. The number of rotatable bonds is 1. The van der Waals surface area contributed by atoms with E-state index in [9.17, 15) is 4.39 Å². The van der Waals surface area contributed by atoms with E-state index >= 15 is 0 Å². The molecule has 0 aromatic heterocycles. The molecule has 0 amide bonds. The van der Waals surface area contributed by atoms with Gasteiger partial charge >= 0.3 is 0 Å². The van der Waals surface area contributed by atoms with Gasteiger partial charge in [0.25, 0.3) is 0 Å². The Morgan fingerprint density at radius 3 is 2.87 bits per heavy atom. The summed E-state index contributed by atoms with van der Waals surface area (Å²) in [5.41, 5.74) is 8.76. The van der Waals surface area contributed by atoms with Gasteiger partial charge in [-0.05, 0) is 66.8 Å². The topological polar surface area (TPSA) is 26.0 Å². The van der Waals surface area contributed by atoms with Crippen molar-refractivity contribution in [2.75, 3.05) is 6.54 Å². The number of fused-ring (bicyclic) bond motifs is 2. The van der Waals surface area contributed by atoms with E-state index < -0.39 is 0 Å². The Balaban J connectivity index is 2.08. The monoisotopic (exact) mass is 205 g/mol. The first-order valence-electron chi connectivity index (χ1n) is 5.75. The van der Waals surface area contributed by atoms with Crippen molar-refractivity contribution in [3.63, 3.8) is 0 Å². The third-order valence-electron chi connectivity index (χ3n) is 4.22. The van der Waals surface area contributed by atoms with Crippen LogP contribution in [0.4, 0.5) is 4.39 Å². The smallest absolute Gasteiger partial charge is 0.123 e. The zero-order valence-corrected chi connectivity index (χ0v) is 8.80. The lowest BCUT2D eigenvalue weighted by Crippen LogP contribution is -2.32. The Morgan fingerprint density at radius 1 is 1.40 bits per heavy atom. The molecule has 1 spiro atoms. The van der Waals surface area contributed by atoms with Gasteiger partial charge in [0.2, 0.25) is 0 Å². The highest BCUT2D eigenvalue weighted by Crippen LogP contribution is 2.58. The van der Waals surface area contributed by atoms with Crippen molar-refractivity contribution >= 4 is 0 Å². The summed E-state index contributed by atoms with van der Waals surface area (Å²) < 4.78 is 13.1. The lowest BCUT2D eigenvalue weighted by atomic mass is 9.72. The van der Waals surface area contributed by atoms with Crippen LogP contribution in [0.15, 0.2) is 18.2 Å². The highest BCUT2D eigenvalue weighted by molar-refractivity contribution is 5.42. The number of aryl methyl sites for hydroxylation is 1. The molecule has 1 unspecified atom stereocenters. The van der Waals surface area contributed by atoms with E-state index in [-0.39, 0.29) is 5.82 Å². The first-order valence-corrected chi connectivity index (χ1v) is 5.75. The number of benzene rings is 1. The highest BCUT2D eigenvalue weighted by Gasteiger charge is 2.52. The largest absolute Gasteiger partial charge is 0.330 e. The van der Waals surface area contributed by atoms with Gasteiger partial charge in [0.05, 0.1) is 0 Å². The Kier molecular flexibility index (Phi) is 1.90. The molecule has 0 aliphatic heterocycles. The summed E-state index contributed by atoms with van der Waals surface area (Å²) in [5, 5.41) is 0. The lowest BCUT2D eigenvalue weighted by molar-refractivity contribution is 0.360. The zero-order chi connectivity index (χ0) is 10.5. The number of nitrogens with two attached hydrogens (primary N) is 1. The molecule has 1 saturated carbocycles. The van der Waals surface area contributed by atoms with Crippen LogP contribution in [-0.4, -0.2) is 6.54 Å². The van der Waals surface area contributed by atoms with Gasteiger partial charge < -0.3 is 5.73 Å². The van der Waals surface area contributed by atoms with Gasteiger partial charge in [-0.2, -0.15) is 0 Å². The van der Waals surface area contributed by atoms with E-state index in [1.54, 1.807) is 12.1 Å². The minimum Gasteiger partial charge on any atom is -0.330 e. The predicted molar refractivity (Wildman–Crippen MR) is 58.2 cm³/mol. The van der Waals surface area contributed by atoms with E-state index in [4.69, 9.17) is 5.73 Å². The molecule has 0 saturated heterocycles. The Bertz CT molecular complexity index is 396. The molecule has 1 fully saturated rings. The maximum absolute atomic E-state index is 13.1. The summed E-state index contributed by atoms with van der Waals surface area (Å²) in [6.07, 6.45) is 4.62. The molecule has 80 valence electrons. The second-order valence-corrected chi connectivity index (χ2v) is 4.93. The van der Waals surface area contributed by atoms with Crippen LogP contribution in [-0.2, 0) is 11.8 Å². The Labute approximate surface area is 89.5 Å². The van der Waals surface area contributed by atoms with Crippen LogP contribution in [0.5, 0.6) is 0 Å². The Hall–Kier alpha value is -0.890. The van der Waals surface area contributed by atoms with Crippen LogP contribution in [0.1, 0.15) is 30.4 Å². The molecule has 2 N–H and O–H groups in total. The van der Waals surface area contributed by atoms with Crippen molar-refractivity contribution in [1.82, 2.24) is 0 Å². The predicted octanol–water partition coefficient (Wildman–Crippen LogP) is 2.38. The number of halogens is 1. The van der Waals surface area contributed by atoms with Gasteiger partial charge in [-0.15, -0.1) is 0 Å². The fraction of sp³-hybridized carbons (Fsp3) is 0.538. The molecule has 2 aliphatic carbocycles. The van der Waals surface area contributed by atoms with E-state index in [0.29, 0.717) is 11.3 Å². The van der Waals surface area contributed by atoms with Crippen LogP contribution in [0.2, 0.25) is 0 Å². The molecule has 15 heavy (non-hydrogen) atoms. The van der Waals surface area contributed by atoms with Gasteiger partial charge in [0.1, 0.15) is 5.82 Å². The van der Waals surface area contributed by atoms with E-state index in [0.717, 1.165) is 19.4 Å². The molecule has 1 nitrogen and oxygen atoms in total. The quantitative estimate of drug-likeness (QED) is 0.748. The molecular formula is C13H16FN. The van der Waals surface area contributed by atoms with Crippen LogP contribution >= 0.6 is 0 Å². The second-order valence-electron chi connectivity index (χ2n) is 4.93. The highest BCUT2D eigenvalue weighted by atomic mass is 19.1. The van der Waals surface area contributed by atoms with E-state index in [1.165, 1.54) is 24.0 Å². The average molecular weight is 205 g/mol.